The lowest BCUT2D eigenvalue weighted by atomic mass is 9.90. The summed E-state index contributed by atoms with van der Waals surface area (Å²) in [6.45, 7) is 8.58. The molecule has 2 heterocycles. The smallest absolute Gasteiger partial charge is 0.0460 e. The van der Waals surface area contributed by atoms with Crippen molar-refractivity contribution in [3.63, 3.8) is 0 Å². The minimum absolute atomic E-state index is 0.164. The second kappa shape index (κ2) is 2.81. The van der Waals surface area contributed by atoms with Crippen LogP contribution in [0.4, 0.5) is 0 Å². The maximum Gasteiger partial charge on any atom is 0.0460 e. The van der Waals surface area contributed by atoms with Crippen molar-refractivity contribution >= 4 is 0 Å². The van der Waals surface area contributed by atoms with Crippen molar-refractivity contribution in [3.05, 3.63) is 29.1 Å². The zero-order chi connectivity index (χ0) is 9.47. The SMILES string of the molecule is CC(C)(C)c1cc2c(cn1)CNC2. The number of nitrogens with one attached hydrogen (secondary N) is 1. The number of rotatable bonds is 0. The highest BCUT2D eigenvalue weighted by atomic mass is 14.9. The highest BCUT2D eigenvalue weighted by molar-refractivity contribution is 5.31. The van der Waals surface area contributed by atoms with Crippen molar-refractivity contribution < 1.29 is 0 Å². The van der Waals surface area contributed by atoms with E-state index in [0.717, 1.165) is 13.1 Å². The van der Waals surface area contributed by atoms with Gasteiger partial charge in [0.05, 0.1) is 0 Å². The summed E-state index contributed by atoms with van der Waals surface area (Å²) < 4.78 is 0. The molecule has 1 aliphatic rings. The molecule has 0 atom stereocenters. The van der Waals surface area contributed by atoms with Crippen LogP contribution in [0.2, 0.25) is 0 Å². The number of fused-ring (bicyclic) bond motifs is 1. The van der Waals surface area contributed by atoms with Crippen LogP contribution in [-0.4, -0.2) is 4.98 Å². The molecule has 0 saturated carbocycles. The van der Waals surface area contributed by atoms with Gasteiger partial charge < -0.3 is 5.32 Å². The van der Waals surface area contributed by atoms with Crippen LogP contribution >= 0.6 is 0 Å². The second-order valence-electron chi connectivity index (χ2n) is 4.69. The zero-order valence-electron chi connectivity index (χ0n) is 8.52. The number of pyridine rings is 1. The van der Waals surface area contributed by atoms with Crippen LogP contribution < -0.4 is 5.32 Å². The first-order valence-electron chi connectivity index (χ1n) is 4.76. The lowest BCUT2D eigenvalue weighted by Gasteiger charge is -2.18. The summed E-state index contributed by atoms with van der Waals surface area (Å²) in [4.78, 5) is 4.48. The summed E-state index contributed by atoms with van der Waals surface area (Å²) in [5.74, 6) is 0. The van der Waals surface area contributed by atoms with Crippen LogP contribution in [0.1, 0.15) is 37.6 Å². The van der Waals surface area contributed by atoms with E-state index in [1.165, 1.54) is 16.8 Å². The molecule has 1 aliphatic heterocycles. The van der Waals surface area contributed by atoms with Gasteiger partial charge in [-0.3, -0.25) is 4.98 Å². The maximum atomic E-state index is 4.48. The molecule has 2 heteroatoms. The topological polar surface area (TPSA) is 24.9 Å². The maximum absolute atomic E-state index is 4.48. The van der Waals surface area contributed by atoms with Crippen molar-refractivity contribution in [2.75, 3.05) is 0 Å². The van der Waals surface area contributed by atoms with Gasteiger partial charge in [-0.2, -0.15) is 0 Å². The molecule has 2 rings (SSSR count). The van der Waals surface area contributed by atoms with Crippen molar-refractivity contribution in [1.82, 2.24) is 10.3 Å². The summed E-state index contributed by atoms with van der Waals surface area (Å²) in [7, 11) is 0. The molecular formula is C11H16N2. The molecule has 0 spiro atoms. The highest BCUT2D eigenvalue weighted by Gasteiger charge is 2.18. The van der Waals surface area contributed by atoms with Crippen molar-refractivity contribution in [2.45, 2.75) is 39.3 Å². The summed E-state index contributed by atoms with van der Waals surface area (Å²) in [5.41, 5.74) is 4.13. The lowest BCUT2D eigenvalue weighted by molar-refractivity contribution is 0.568. The lowest BCUT2D eigenvalue weighted by Crippen LogP contribution is -2.13. The van der Waals surface area contributed by atoms with Crippen LogP contribution in [0.3, 0.4) is 0 Å². The molecule has 0 bridgehead atoms. The summed E-state index contributed by atoms with van der Waals surface area (Å²) in [5, 5.41) is 3.33. The van der Waals surface area contributed by atoms with E-state index >= 15 is 0 Å². The largest absolute Gasteiger partial charge is 0.309 e. The Morgan fingerprint density at radius 3 is 2.62 bits per heavy atom. The molecule has 0 aliphatic carbocycles. The first-order chi connectivity index (χ1) is 6.07. The van der Waals surface area contributed by atoms with E-state index in [1.54, 1.807) is 0 Å². The van der Waals surface area contributed by atoms with Crippen LogP contribution in [0.5, 0.6) is 0 Å². The molecule has 2 nitrogen and oxygen atoms in total. The Morgan fingerprint density at radius 2 is 1.92 bits per heavy atom. The van der Waals surface area contributed by atoms with Crippen molar-refractivity contribution in [3.8, 4) is 0 Å². The third kappa shape index (κ3) is 1.59. The first-order valence-corrected chi connectivity index (χ1v) is 4.76. The average molecular weight is 176 g/mol. The molecule has 70 valence electrons. The van der Waals surface area contributed by atoms with E-state index < -0.39 is 0 Å². The fraction of sp³-hybridized carbons (Fsp3) is 0.545. The van der Waals surface area contributed by atoms with E-state index in [2.05, 4.69) is 37.1 Å². The Morgan fingerprint density at radius 1 is 1.23 bits per heavy atom. The number of nitrogens with zero attached hydrogens (tertiary/aromatic N) is 1. The molecule has 0 radical (unpaired) electrons. The molecular weight excluding hydrogens is 160 g/mol. The van der Waals surface area contributed by atoms with Gasteiger partial charge in [0.15, 0.2) is 0 Å². The van der Waals surface area contributed by atoms with Gasteiger partial charge in [-0.25, -0.2) is 0 Å². The Labute approximate surface area is 79.4 Å². The summed E-state index contributed by atoms with van der Waals surface area (Å²) >= 11 is 0. The molecule has 1 aromatic heterocycles. The normalized spacial score (nSPS) is 15.9. The minimum atomic E-state index is 0.164. The highest BCUT2D eigenvalue weighted by Crippen LogP contribution is 2.23. The average Bonchev–Trinajstić information content (AvgIpc) is 2.47. The van der Waals surface area contributed by atoms with Gasteiger partial charge in [0.1, 0.15) is 0 Å². The van der Waals surface area contributed by atoms with Crippen molar-refractivity contribution in [2.24, 2.45) is 0 Å². The van der Waals surface area contributed by atoms with Crippen LogP contribution in [0, 0.1) is 0 Å². The van der Waals surface area contributed by atoms with E-state index in [-0.39, 0.29) is 5.41 Å². The van der Waals surface area contributed by atoms with Gasteiger partial charge >= 0.3 is 0 Å². The number of hydrogen-bond acceptors (Lipinski definition) is 2. The van der Waals surface area contributed by atoms with E-state index in [9.17, 15) is 0 Å². The number of aromatic nitrogens is 1. The summed E-state index contributed by atoms with van der Waals surface area (Å²) in [6.07, 6.45) is 2.01. The molecule has 0 saturated heterocycles. The van der Waals surface area contributed by atoms with E-state index in [4.69, 9.17) is 0 Å². The molecule has 0 fully saturated rings. The van der Waals surface area contributed by atoms with Crippen molar-refractivity contribution in [1.29, 1.82) is 0 Å². The molecule has 1 N–H and O–H groups in total. The molecule has 0 unspecified atom stereocenters. The van der Waals surface area contributed by atoms with Crippen LogP contribution in [-0.2, 0) is 18.5 Å². The zero-order valence-corrected chi connectivity index (χ0v) is 8.52. The Hall–Kier alpha value is -0.890. The molecule has 0 amide bonds. The first kappa shape index (κ1) is 8.70. The Balaban J connectivity index is 2.42. The molecule has 13 heavy (non-hydrogen) atoms. The fourth-order valence-corrected chi connectivity index (χ4v) is 1.59. The van der Waals surface area contributed by atoms with Gasteiger partial charge in [0.2, 0.25) is 0 Å². The van der Waals surface area contributed by atoms with Gasteiger partial charge in [-0.1, -0.05) is 20.8 Å². The van der Waals surface area contributed by atoms with Gasteiger partial charge in [0.25, 0.3) is 0 Å². The summed E-state index contributed by atoms with van der Waals surface area (Å²) in [6, 6.07) is 2.23. The van der Waals surface area contributed by atoms with Crippen LogP contribution in [0.15, 0.2) is 12.3 Å². The molecule has 1 aromatic rings. The van der Waals surface area contributed by atoms with E-state index in [0.29, 0.717) is 0 Å². The quantitative estimate of drug-likeness (QED) is 0.654. The fourth-order valence-electron chi connectivity index (χ4n) is 1.59. The van der Waals surface area contributed by atoms with Gasteiger partial charge in [-0.05, 0) is 17.2 Å². The van der Waals surface area contributed by atoms with E-state index in [1.807, 2.05) is 6.20 Å². The Kier molecular flexibility index (Phi) is 1.88. The predicted octanol–water partition coefficient (Wildman–Crippen LogP) is 1.98. The van der Waals surface area contributed by atoms with Crippen LogP contribution in [0.25, 0.3) is 0 Å². The standard InChI is InChI=1S/C11H16N2/c1-11(2,3)10-4-8-5-12-6-9(8)7-13-10/h4,7,12H,5-6H2,1-3H3. The minimum Gasteiger partial charge on any atom is -0.309 e. The Bertz CT molecular complexity index is 323. The monoisotopic (exact) mass is 176 g/mol. The second-order valence-corrected chi connectivity index (χ2v) is 4.69. The molecule has 0 aromatic carbocycles. The predicted molar refractivity (Wildman–Crippen MR) is 53.5 cm³/mol. The third-order valence-electron chi connectivity index (χ3n) is 2.48. The third-order valence-corrected chi connectivity index (χ3v) is 2.48. The van der Waals surface area contributed by atoms with Gasteiger partial charge in [0, 0.05) is 30.4 Å². The van der Waals surface area contributed by atoms with Gasteiger partial charge in [-0.15, -0.1) is 0 Å². The number of hydrogen-bond donors (Lipinski definition) is 1.